The molecule has 0 amide bonds. The van der Waals surface area contributed by atoms with Crippen molar-refractivity contribution in [3.8, 4) is 5.75 Å². The summed E-state index contributed by atoms with van der Waals surface area (Å²) in [5.41, 5.74) is 2.19. The Balaban J connectivity index is 0.00000338. The van der Waals surface area contributed by atoms with E-state index in [-0.39, 0.29) is 24.0 Å². The molecule has 1 aromatic carbocycles. The molecule has 144 valence electrons. The van der Waals surface area contributed by atoms with Gasteiger partial charge < -0.3 is 20.3 Å². The number of aryl methyl sites for hydroxylation is 1. The largest absolute Gasteiger partial charge is 0.492 e. The molecule has 1 heterocycles. The molecule has 1 aromatic heterocycles. The van der Waals surface area contributed by atoms with Crippen molar-refractivity contribution in [2.45, 2.75) is 13.1 Å². The van der Waals surface area contributed by atoms with Crippen LogP contribution < -0.4 is 15.4 Å². The maximum Gasteiger partial charge on any atom is 0.191 e. The van der Waals surface area contributed by atoms with E-state index in [1.807, 2.05) is 50.1 Å². The molecule has 0 saturated carbocycles. The standard InChI is InChI=1S/C18H28N6O.HI/c1-19-18(21-14-16-9-10-22-24(16)4)20-13-15-7-5-6-8-17(15)25-12-11-23(2)3;/h5-10H,11-14H2,1-4H3,(H2,19,20,21);1H. The average molecular weight is 472 g/mol. The average Bonchev–Trinajstić information content (AvgIpc) is 3.01. The van der Waals surface area contributed by atoms with E-state index in [9.17, 15) is 0 Å². The van der Waals surface area contributed by atoms with Gasteiger partial charge in [-0.1, -0.05) is 18.2 Å². The molecule has 2 aromatic rings. The maximum absolute atomic E-state index is 5.89. The van der Waals surface area contributed by atoms with Gasteiger partial charge in [-0.3, -0.25) is 9.67 Å². The maximum atomic E-state index is 5.89. The number of hydrogen-bond acceptors (Lipinski definition) is 4. The molecule has 8 heteroatoms. The van der Waals surface area contributed by atoms with E-state index in [1.165, 1.54) is 0 Å². The Kier molecular flexibility index (Phi) is 10.0. The lowest BCUT2D eigenvalue weighted by atomic mass is 10.2. The van der Waals surface area contributed by atoms with Crippen molar-refractivity contribution < 1.29 is 4.74 Å². The van der Waals surface area contributed by atoms with Gasteiger partial charge in [0.15, 0.2) is 5.96 Å². The summed E-state index contributed by atoms with van der Waals surface area (Å²) in [5, 5.41) is 10.8. The molecule has 0 radical (unpaired) electrons. The summed E-state index contributed by atoms with van der Waals surface area (Å²) < 4.78 is 7.74. The molecule has 0 unspecified atom stereocenters. The number of para-hydroxylation sites is 1. The van der Waals surface area contributed by atoms with Crippen molar-refractivity contribution in [2.24, 2.45) is 12.0 Å². The fourth-order valence-electron chi connectivity index (χ4n) is 2.28. The molecule has 7 nitrogen and oxygen atoms in total. The van der Waals surface area contributed by atoms with Gasteiger partial charge in [0.1, 0.15) is 12.4 Å². The number of ether oxygens (including phenoxy) is 1. The normalized spacial score (nSPS) is 11.2. The summed E-state index contributed by atoms with van der Waals surface area (Å²) in [7, 11) is 7.76. The molecule has 0 atom stereocenters. The van der Waals surface area contributed by atoms with Crippen LogP contribution >= 0.6 is 24.0 Å². The van der Waals surface area contributed by atoms with Crippen molar-refractivity contribution in [1.82, 2.24) is 25.3 Å². The minimum Gasteiger partial charge on any atom is -0.492 e. The number of aromatic nitrogens is 2. The van der Waals surface area contributed by atoms with Gasteiger partial charge in [0.25, 0.3) is 0 Å². The lowest BCUT2D eigenvalue weighted by Crippen LogP contribution is -2.36. The van der Waals surface area contributed by atoms with Crippen LogP contribution in [0.2, 0.25) is 0 Å². The first-order valence-corrected chi connectivity index (χ1v) is 8.37. The molecule has 2 N–H and O–H groups in total. The molecule has 0 spiro atoms. The van der Waals surface area contributed by atoms with E-state index in [0.717, 1.165) is 29.5 Å². The van der Waals surface area contributed by atoms with Crippen molar-refractivity contribution in [1.29, 1.82) is 0 Å². The van der Waals surface area contributed by atoms with Crippen LogP contribution in [0, 0.1) is 0 Å². The highest BCUT2D eigenvalue weighted by atomic mass is 127. The number of aliphatic imine (C=N–C) groups is 1. The zero-order valence-corrected chi connectivity index (χ0v) is 18.2. The fraction of sp³-hybridized carbons (Fsp3) is 0.444. The number of halogens is 1. The number of hydrogen-bond donors (Lipinski definition) is 2. The van der Waals surface area contributed by atoms with Gasteiger partial charge in [-0.2, -0.15) is 5.10 Å². The number of guanidine groups is 1. The first kappa shape index (κ1) is 22.2. The van der Waals surface area contributed by atoms with Crippen LogP contribution in [0.5, 0.6) is 5.75 Å². The Morgan fingerprint density at radius 3 is 2.58 bits per heavy atom. The molecule has 0 bridgehead atoms. The number of nitrogens with zero attached hydrogens (tertiary/aromatic N) is 4. The highest BCUT2D eigenvalue weighted by Crippen LogP contribution is 2.17. The zero-order chi connectivity index (χ0) is 18.1. The second-order valence-electron chi connectivity index (χ2n) is 5.98. The van der Waals surface area contributed by atoms with E-state index in [4.69, 9.17) is 4.74 Å². The molecule has 26 heavy (non-hydrogen) atoms. The van der Waals surface area contributed by atoms with Crippen molar-refractivity contribution in [3.63, 3.8) is 0 Å². The molecular weight excluding hydrogens is 443 g/mol. The van der Waals surface area contributed by atoms with Crippen molar-refractivity contribution in [3.05, 3.63) is 47.8 Å². The SMILES string of the molecule is CN=C(NCc1ccccc1OCCN(C)C)NCc1ccnn1C.I. The summed E-state index contributed by atoms with van der Waals surface area (Å²) in [6, 6.07) is 10.0. The van der Waals surface area contributed by atoms with Gasteiger partial charge in [0, 0.05) is 38.9 Å². The Morgan fingerprint density at radius 2 is 1.92 bits per heavy atom. The van der Waals surface area contributed by atoms with E-state index in [2.05, 4.69) is 31.7 Å². The fourth-order valence-corrected chi connectivity index (χ4v) is 2.28. The minimum absolute atomic E-state index is 0. The van der Waals surface area contributed by atoms with Gasteiger partial charge in [0.05, 0.1) is 12.2 Å². The Morgan fingerprint density at radius 1 is 1.19 bits per heavy atom. The van der Waals surface area contributed by atoms with Crippen molar-refractivity contribution >= 4 is 29.9 Å². The van der Waals surface area contributed by atoms with E-state index in [1.54, 1.807) is 13.2 Å². The number of benzene rings is 1. The molecule has 0 aliphatic heterocycles. The first-order chi connectivity index (χ1) is 12.1. The third kappa shape index (κ3) is 7.20. The Hall–Kier alpha value is -1.81. The lowest BCUT2D eigenvalue weighted by molar-refractivity contribution is 0.259. The topological polar surface area (TPSA) is 66.7 Å². The summed E-state index contributed by atoms with van der Waals surface area (Å²) in [5.74, 6) is 1.64. The molecule has 2 rings (SSSR count). The van der Waals surface area contributed by atoms with Gasteiger partial charge in [-0.05, 0) is 26.2 Å². The monoisotopic (exact) mass is 472 g/mol. The van der Waals surface area contributed by atoms with Gasteiger partial charge in [-0.15, -0.1) is 24.0 Å². The highest BCUT2D eigenvalue weighted by molar-refractivity contribution is 14.0. The molecular formula is C18H29IN6O. The predicted octanol–water partition coefficient (Wildman–Crippen LogP) is 1.84. The van der Waals surface area contributed by atoms with Crippen LogP contribution in [0.1, 0.15) is 11.3 Å². The van der Waals surface area contributed by atoms with Crippen LogP contribution in [-0.2, 0) is 20.1 Å². The van der Waals surface area contributed by atoms with Crippen molar-refractivity contribution in [2.75, 3.05) is 34.3 Å². The summed E-state index contributed by atoms with van der Waals surface area (Å²) >= 11 is 0. The lowest BCUT2D eigenvalue weighted by Gasteiger charge is -2.16. The molecule has 0 fully saturated rings. The molecule has 0 aliphatic rings. The third-order valence-corrected chi connectivity index (χ3v) is 3.80. The van der Waals surface area contributed by atoms with Crippen LogP contribution in [0.3, 0.4) is 0 Å². The molecule has 0 aliphatic carbocycles. The predicted molar refractivity (Wildman–Crippen MR) is 116 cm³/mol. The van der Waals surface area contributed by atoms with Crippen LogP contribution in [0.4, 0.5) is 0 Å². The number of rotatable bonds is 8. The summed E-state index contributed by atoms with van der Waals surface area (Å²) in [6.07, 6.45) is 1.79. The Labute approximate surface area is 172 Å². The third-order valence-electron chi connectivity index (χ3n) is 3.80. The minimum atomic E-state index is 0. The van der Waals surface area contributed by atoms with E-state index < -0.39 is 0 Å². The summed E-state index contributed by atoms with van der Waals surface area (Å²) in [4.78, 5) is 6.37. The number of likely N-dealkylation sites (N-methyl/N-ethyl adjacent to an activating group) is 1. The second-order valence-corrected chi connectivity index (χ2v) is 5.98. The van der Waals surface area contributed by atoms with Gasteiger partial charge in [0.2, 0.25) is 0 Å². The molecule has 0 saturated heterocycles. The van der Waals surface area contributed by atoms with Crippen LogP contribution in [-0.4, -0.2) is 54.9 Å². The summed E-state index contributed by atoms with van der Waals surface area (Å²) in [6.45, 7) is 2.85. The van der Waals surface area contributed by atoms with Crippen LogP contribution in [0.25, 0.3) is 0 Å². The van der Waals surface area contributed by atoms with E-state index >= 15 is 0 Å². The quantitative estimate of drug-likeness (QED) is 0.349. The Bertz CT molecular complexity index is 686. The first-order valence-electron chi connectivity index (χ1n) is 8.37. The van der Waals surface area contributed by atoms with Crippen LogP contribution in [0.15, 0.2) is 41.5 Å². The van der Waals surface area contributed by atoms with Gasteiger partial charge >= 0.3 is 0 Å². The number of nitrogens with one attached hydrogen (secondary N) is 2. The van der Waals surface area contributed by atoms with E-state index in [0.29, 0.717) is 19.7 Å². The zero-order valence-electron chi connectivity index (χ0n) is 15.9. The second kappa shape index (κ2) is 11.7. The smallest absolute Gasteiger partial charge is 0.191 e. The highest BCUT2D eigenvalue weighted by Gasteiger charge is 2.06. The van der Waals surface area contributed by atoms with Gasteiger partial charge in [-0.25, -0.2) is 0 Å².